The molecule has 2 spiro atoms. The number of ether oxygens (including phenoxy) is 2. The van der Waals surface area contributed by atoms with Crippen LogP contribution < -0.4 is 16.4 Å². The summed E-state index contributed by atoms with van der Waals surface area (Å²) >= 11 is 0. The average Bonchev–Trinajstić information content (AvgIpc) is 2.71. The van der Waals surface area contributed by atoms with Gasteiger partial charge in [0.1, 0.15) is 30.4 Å². The summed E-state index contributed by atoms with van der Waals surface area (Å²) in [6.07, 6.45) is 13.2. The lowest BCUT2D eigenvalue weighted by Crippen LogP contribution is -2.80. The van der Waals surface area contributed by atoms with E-state index in [9.17, 15) is 45.6 Å². The van der Waals surface area contributed by atoms with Crippen LogP contribution in [0.15, 0.2) is 30.5 Å². The van der Waals surface area contributed by atoms with Gasteiger partial charge in [-0.05, 0) is 166 Å². The van der Waals surface area contributed by atoms with Crippen LogP contribution in [0.5, 0.6) is 0 Å². The van der Waals surface area contributed by atoms with E-state index in [1.807, 2.05) is 0 Å². The van der Waals surface area contributed by atoms with Gasteiger partial charge in [0.25, 0.3) is 0 Å². The van der Waals surface area contributed by atoms with Gasteiger partial charge in [-0.1, -0.05) is 64.5 Å². The molecule has 2 bridgehead atoms. The second-order valence-corrected chi connectivity index (χ2v) is 29.2. The Morgan fingerprint density at radius 3 is 2.36 bits per heavy atom. The van der Waals surface area contributed by atoms with Crippen LogP contribution in [-0.4, -0.2) is 148 Å². The van der Waals surface area contributed by atoms with Gasteiger partial charge in [0.05, 0.1) is 54.6 Å². The summed E-state index contributed by atoms with van der Waals surface area (Å²) in [7, 11) is 0. The summed E-state index contributed by atoms with van der Waals surface area (Å²) in [6, 6.07) is -0.438. The fourth-order valence-electron chi connectivity index (χ4n) is 23.4. The van der Waals surface area contributed by atoms with E-state index in [0.717, 1.165) is 81.4 Å². The molecule has 11 aliphatic rings. The van der Waals surface area contributed by atoms with Crippen molar-refractivity contribution in [1.29, 1.82) is 0 Å². The summed E-state index contributed by atoms with van der Waals surface area (Å²) in [4.78, 5) is 46.3. The molecule has 2 saturated heterocycles. The number of anilines is 1. The van der Waals surface area contributed by atoms with Crippen molar-refractivity contribution in [3.63, 3.8) is 0 Å². The number of aromatic nitrogens is 4. The van der Waals surface area contributed by atoms with Crippen LogP contribution >= 0.6 is 0 Å². The van der Waals surface area contributed by atoms with E-state index in [1.165, 1.54) is 5.57 Å². The van der Waals surface area contributed by atoms with E-state index in [2.05, 4.69) is 52.4 Å². The molecule has 448 valence electrons. The lowest BCUT2D eigenvalue weighted by Gasteiger charge is -2.83. The first-order chi connectivity index (χ1) is 38.8. The Morgan fingerprint density at radius 1 is 0.877 bits per heavy atom. The molecular weight excluding hydrogens is 1030 g/mol. The number of nitrogens with two attached hydrogens (primary N) is 1. The number of fused-ring (bicyclic) bond motifs is 6. The van der Waals surface area contributed by atoms with E-state index in [-0.39, 0.29) is 73.6 Å². The number of aliphatic carboxylic acids is 1. The number of carboxylic acids is 1. The standard InChI is InChI=1S/C62H93N7O12/c1-55(29-70)21-22-60(54(78)79)39(25-55)35-13-20-59-17-8-18-61(35,36-24-41-51(68-32-67-41)65-26-40(36)60)57(59,3)19-14-44-56(2,30-71)50(81-52-49(76)48(75)43(72)28-80-52)47(74)38(62(44,59)33-9-4-5-10-33)23-37-46(69-53(77)58(37)15-6-7-16-58)34(11-12-45(63)73)42-27-64-31-66-42/h13,27,31-34,36-40,43-50,52,65,70-76H,4-12,14-26,28-30,63H2,1-3H3,(H,64,66)(H,67,68)(H,69,77)(H,78,79). The van der Waals surface area contributed by atoms with Crippen LogP contribution in [0.2, 0.25) is 0 Å². The number of amides is 1. The van der Waals surface area contributed by atoms with Gasteiger partial charge in [-0.25, -0.2) is 9.97 Å². The van der Waals surface area contributed by atoms with Crippen molar-refractivity contribution >= 4 is 17.7 Å². The summed E-state index contributed by atoms with van der Waals surface area (Å²) in [6.45, 7) is 6.54. The normalized spacial score (nSPS) is 47.8. The molecule has 2 aromatic rings. The number of aliphatic hydroxyl groups excluding tert-OH is 7. The van der Waals surface area contributed by atoms with Gasteiger partial charge in [-0.15, -0.1) is 0 Å². The quantitative estimate of drug-likeness (QED) is 0.0712. The Hall–Kier alpha value is -3.50. The Labute approximate surface area is 475 Å². The number of imidazole rings is 2. The molecule has 3 aliphatic heterocycles. The third-order valence-electron chi connectivity index (χ3n) is 26.7. The second-order valence-electron chi connectivity index (χ2n) is 29.2. The zero-order valence-electron chi connectivity index (χ0n) is 47.9. The van der Waals surface area contributed by atoms with Crippen LogP contribution in [0.4, 0.5) is 5.82 Å². The van der Waals surface area contributed by atoms with E-state index < -0.39 is 104 Å². The zero-order valence-corrected chi connectivity index (χ0v) is 47.9. The zero-order chi connectivity index (χ0) is 56.9. The van der Waals surface area contributed by atoms with Crippen LogP contribution in [-0.2, 0) is 25.5 Å². The average molecular weight is 1130 g/mol. The number of aliphatic hydroxyl groups is 7. The topological polar surface area (TPSA) is 322 Å². The van der Waals surface area contributed by atoms with Crippen molar-refractivity contribution < 1.29 is 59.9 Å². The Morgan fingerprint density at radius 2 is 1.65 bits per heavy atom. The van der Waals surface area contributed by atoms with Crippen molar-refractivity contribution in [1.82, 2.24) is 25.3 Å². The van der Waals surface area contributed by atoms with Crippen molar-refractivity contribution in [2.75, 3.05) is 31.7 Å². The van der Waals surface area contributed by atoms with Crippen LogP contribution in [0, 0.1) is 84.7 Å². The Bertz CT molecular complexity index is 2710. The van der Waals surface area contributed by atoms with Crippen molar-refractivity contribution in [3.05, 3.63) is 41.9 Å². The van der Waals surface area contributed by atoms with Gasteiger partial charge in [0, 0.05) is 47.8 Å². The van der Waals surface area contributed by atoms with Crippen LogP contribution in [0.25, 0.3) is 0 Å². The monoisotopic (exact) mass is 1130 g/mol. The molecule has 19 nitrogen and oxygen atoms in total. The van der Waals surface area contributed by atoms with Gasteiger partial charge >= 0.3 is 5.97 Å². The summed E-state index contributed by atoms with van der Waals surface area (Å²) < 4.78 is 13.1. The smallest absolute Gasteiger partial charge is 0.310 e. The lowest BCUT2D eigenvalue weighted by atomic mass is 9.20. The number of hydrogen-bond donors (Lipinski definition) is 13. The number of carboxylic acid groups (broad SMARTS) is 1. The first-order valence-corrected chi connectivity index (χ1v) is 31.4. The first-order valence-electron chi connectivity index (χ1n) is 31.4. The molecule has 81 heavy (non-hydrogen) atoms. The minimum absolute atomic E-state index is 0.00928. The van der Waals surface area contributed by atoms with Gasteiger partial charge < -0.3 is 76.7 Å². The van der Waals surface area contributed by atoms with Gasteiger partial charge in [0.2, 0.25) is 5.91 Å². The van der Waals surface area contributed by atoms with Crippen molar-refractivity contribution in [2.24, 2.45) is 90.5 Å². The molecule has 19 heteroatoms. The molecule has 22 unspecified atom stereocenters. The van der Waals surface area contributed by atoms with E-state index in [1.54, 1.807) is 18.9 Å². The number of H-pyrrole nitrogens is 2. The van der Waals surface area contributed by atoms with Crippen LogP contribution in [0.1, 0.15) is 166 Å². The third-order valence-corrected chi connectivity index (χ3v) is 26.7. The Balaban J connectivity index is 1.06. The number of carbonyl (C=O) groups excluding carboxylic acids is 1. The highest BCUT2D eigenvalue weighted by molar-refractivity contribution is 5.86. The van der Waals surface area contributed by atoms with E-state index >= 15 is 4.79 Å². The lowest BCUT2D eigenvalue weighted by molar-refractivity contribution is -0.375. The fourth-order valence-corrected chi connectivity index (χ4v) is 23.4. The van der Waals surface area contributed by atoms with Crippen molar-refractivity contribution in [3.8, 4) is 0 Å². The SMILES string of the molecule is CC1(CO)CCC2(C(=O)O)C(C1)C1=CCC34CCCC1(C1Cc5[nH]cnc5NCC12)C3(C)CCC1C(C)(CO)C(OC2OCC(O)C(O)C2O)C(O)C(CC2C(C(CCC(N)O)c3cnc[nH]3)NC(=O)C23CCCC3)C14C1CCCC1. The number of nitrogens with zero attached hydrogens (tertiary/aromatic N) is 2. The molecular formula is C62H93N7O12. The second kappa shape index (κ2) is 20.0. The minimum atomic E-state index is -1.65. The van der Waals surface area contributed by atoms with E-state index in [0.29, 0.717) is 70.8 Å². The first kappa shape index (κ1) is 56.6. The predicted octanol–water partition coefficient (Wildman–Crippen LogP) is 5.02. The molecule has 2 aromatic heterocycles. The molecule has 22 atom stereocenters. The summed E-state index contributed by atoms with van der Waals surface area (Å²) in [5.74, 6) is -2.13. The largest absolute Gasteiger partial charge is 0.481 e. The maximum absolute atomic E-state index is 15.3. The summed E-state index contributed by atoms with van der Waals surface area (Å²) in [5, 5.41) is 102. The molecule has 5 heterocycles. The number of rotatable bonds is 13. The molecule has 8 aliphatic carbocycles. The van der Waals surface area contributed by atoms with Crippen molar-refractivity contribution in [2.45, 2.75) is 211 Å². The molecule has 13 rings (SSSR count). The number of nitrogens with one attached hydrogen (secondary N) is 4. The molecule has 14 N–H and O–H groups in total. The maximum atomic E-state index is 15.3. The van der Waals surface area contributed by atoms with E-state index in [4.69, 9.17) is 20.2 Å². The summed E-state index contributed by atoms with van der Waals surface area (Å²) in [5.41, 5.74) is 3.42. The van der Waals surface area contributed by atoms with Crippen LogP contribution in [0.3, 0.4) is 0 Å². The minimum Gasteiger partial charge on any atom is -0.481 e. The number of aromatic amines is 2. The molecule has 0 radical (unpaired) electrons. The number of hydrogen-bond acceptors (Lipinski definition) is 15. The highest BCUT2D eigenvalue weighted by atomic mass is 16.7. The number of carbonyl (C=O) groups is 2. The third kappa shape index (κ3) is 7.53. The Kier molecular flexibility index (Phi) is 14.0. The molecule has 9 fully saturated rings. The van der Waals surface area contributed by atoms with Gasteiger partial charge in [-0.2, -0.15) is 0 Å². The van der Waals surface area contributed by atoms with Gasteiger partial charge in [0.15, 0.2) is 6.29 Å². The van der Waals surface area contributed by atoms with Gasteiger partial charge in [-0.3, -0.25) is 9.59 Å². The molecule has 0 aromatic carbocycles. The highest BCUT2D eigenvalue weighted by Gasteiger charge is 2.84. The predicted molar refractivity (Wildman–Crippen MR) is 296 cm³/mol. The fraction of sp³-hybridized carbons (Fsp3) is 0.839. The highest BCUT2D eigenvalue weighted by Crippen LogP contribution is 2.88. The molecule has 1 amide bonds. The number of allylic oxidation sites excluding steroid dienone is 2. The maximum Gasteiger partial charge on any atom is 0.310 e. The molecule has 7 saturated carbocycles.